The predicted molar refractivity (Wildman–Crippen MR) is 149 cm³/mol. The van der Waals surface area contributed by atoms with Crippen LogP contribution in [0.1, 0.15) is 79.2 Å². The van der Waals surface area contributed by atoms with Crippen molar-refractivity contribution in [1.29, 1.82) is 0 Å². The van der Waals surface area contributed by atoms with Crippen molar-refractivity contribution in [1.82, 2.24) is 10.6 Å². The summed E-state index contributed by atoms with van der Waals surface area (Å²) in [7, 11) is 0. The molecule has 1 saturated carbocycles. The molecule has 1 aliphatic carbocycles. The van der Waals surface area contributed by atoms with E-state index in [1.807, 2.05) is 31.2 Å². The highest BCUT2D eigenvalue weighted by Crippen LogP contribution is 2.34. The number of rotatable bonds is 8. The molecule has 6 nitrogen and oxygen atoms in total. The summed E-state index contributed by atoms with van der Waals surface area (Å²) < 4.78 is 0. The number of hydrogen-bond acceptors (Lipinski definition) is 4. The smallest absolute Gasteiger partial charge is 0.248 e. The maximum atomic E-state index is 14.2. The van der Waals surface area contributed by atoms with Gasteiger partial charge in [-0.15, -0.1) is 0 Å². The second-order valence-electron chi connectivity index (χ2n) is 11.9. The van der Waals surface area contributed by atoms with Crippen molar-refractivity contribution in [3.63, 3.8) is 0 Å². The molecule has 0 bridgehead atoms. The van der Waals surface area contributed by atoms with Crippen LogP contribution in [0.2, 0.25) is 0 Å². The fourth-order valence-electron chi connectivity index (χ4n) is 5.15. The summed E-state index contributed by atoms with van der Waals surface area (Å²) in [4.78, 5) is 33.8. The van der Waals surface area contributed by atoms with Crippen molar-refractivity contribution in [2.45, 2.75) is 97.2 Å². The molecule has 196 valence electrons. The molecule has 2 unspecified atom stereocenters. The van der Waals surface area contributed by atoms with Gasteiger partial charge >= 0.3 is 0 Å². The molecule has 1 aromatic carbocycles. The Balaban J connectivity index is 2.11. The lowest BCUT2D eigenvalue weighted by Crippen LogP contribution is -2.68. The summed E-state index contributed by atoms with van der Waals surface area (Å²) in [5, 5.41) is 6.57. The van der Waals surface area contributed by atoms with E-state index in [1.165, 1.54) is 12.0 Å². The molecule has 0 aromatic heterocycles. The van der Waals surface area contributed by atoms with Crippen LogP contribution in [0.15, 0.2) is 53.2 Å². The van der Waals surface area contributed by atoms with E-state index in [4.69, 9.17) is 0 Å². The molecular weight excluding hydrogens is 448 g/mol. The highest BCUT2D eigenvalue weighted by molar-refractivity contribution is 6.06. The molecule has 2 aliphatic rings. The van der Waals surface area contributed by atoms with Crippen LogP contribution in [0.5, 0.6) is 0 Å². The third-order valence-electron chi connectivity index (χ3n) is 7.41. The number of amides is 2. The minimum Gasteiger partial charge on any atom is -0.351 e. The third kappa shape index (κ3) is 6.33. The van der Waals surface area contributed by atoms with Gasteiger partial charge in [0.1, 0.15) is 6.04 Å². The van der Waals surface area contributed by atoms with Crippen LogP contribution in [0.25, 0.3) is 0 Å². The second-order valence-corrected chi connectivity index (χ2v) is 11.9. The average Bonchev–Trinajstić information content (AvgIpc) is 2.82. The fraction of sp³-hybridized carbons (Fsp3) is 0.567. The van der Waals surface area contributed by atoms with Crippen molar-refractivity contribution in [2.24, 2.45) is 10.4 Å². The standard InChI is InChI=1S/C30H44N4O2/c1-8-12-21(19-31-7)25(27(35)33-23-13-10-9-11-14-23)34(28(36)26-30(5,6)20-32-26)24-17-15-22(16-18-24)29(2,3)4/h8,12,15-19,23,25-26,32H,7,9-11,13-14,20H2,1-6H3,(H,33,35)/b12-8-,21-19+. The van der Waals surface area contributed by atoms with Crippen LogP contribution >= 0.6 is 0 Å². The first-order chi connectivity index (χ1) is 17.0. The van der Waals surface area contributed by atoms with Gasteiger partial charge in [-0.3, -0.25) is 19.5 Å². The van der Waals surface area contributed by atoms with Gasteiger partial charge < -0.3 is 10.6 Å². The number of carbonyl (C=O) groups is 2. The SMILES string of the molecule is C=N/C=C(\C=C/C)C(C(=O)NC1CCCCC1)N(C(=O)C1NCC1(C)C)c1ccc(C(C)(C)C)cc1. The molecule has 2 atom stereocenters. The highest BCUT2D eigenvalue weighted by Gasteiger charge is 2.48. The van der Waals surface area contributed by atoms with Crippen LogP contribution in [0, 0.1) is 5.41 Å². The lowest BCUT2D eigenvalue weighted by atomic mass is 9.76. The van der Waals surface area contributed by atoms with Crippen molar-refractivity contribution in [3.05, 3.63) is 53.8 Å². The zero-order valence-corrected chi connectivity index (χ0v) is 22.9. The molecule has 0 spiro atoms. The molecular formula is C30H44N4O2. The van der Waals surface area contributed by atoms with E-state index in [2.05, 4.69) is 69.1 Å². The number of hydrogen-bond donors (Lipinski definition) is 2. The molecule has 6 heteroatoms. The second kappa shape index (κ2) is 11.5. The number of allylic oxidation sites excluding steroid dienone is 1. The fourth-order valence-corrected chi connectivity index (χ4v) is 5.15. The van der Waals surface area contributed by atoms with Gasteiger partial charge in [-0.2, -0.15) is 0 Å². The Hall–Kier alpha value is -2.73. The van der Waals surface area contributed by atoms with E-state index >= 15 is 0 Å². The summed E-state index contributed by atoms with van der Waals surface area (Å²) in [5.74, 6) is -0.293. The third-order valence-corrected chi connectivity index (χ3v) is 7.41. The first-order valence-corrected chi connectivity index (χ1v) is 13.3. The zero-order valence-electron chi connectivity index (χ0n) is 22.9. The van der Waals surface area contributed by atoms with Crippen molar-refractivity contribution in [2.75, 3.05) is 11.4 Å². The zero-order chi connectivity index (χ0) is 26.5. The summed E-state index contributed by atoms with van der Waals surface area (Å²) in [6, 6.07) is 6.90. The number of anilines is 1. The summed E-state index contributed by atoms with van der Waals surface area (Å²) in [5.41, 5.74) is 2.27. The molecule has 1 heterocycles. The minimum absolute atomic E-state index is 0.0224. The van der Waals surface area contributed by atoms with E-state index < -0.39 is 6.04 Å². The average molecular weight is 493 g/mol. The van der Waals surface area contributed by atoms with Crippen LogP contribution in [0.4, 0.5) is 5.69 Å². The number of nitrogens with one attached hydrogen (secondary N) is 2. The number of benzene rings is 1. The largest absolute Gasteiger partial charge is 0.351 e. The maximum absolute atomic E-state index is 14.2. The monoisotopic (exact) mass is 492 g/mol. The number of nitrogens with zero attached hydrogens (tertiary/aromatic N) is 2. The van der Waals surface area contributed by atoms with Gasteiger partial charge in [0.2, 0.25) is 11.8 Å². The molecule has 2 amide bonds. The van der Waals surface area contributed by atoms with Crippen LogP contribution in [-0.2, 0) is 15.0 Å². The lowest BCUT2D eigenvalue weighted by molar-refractivity contribution is -0.130. The Kier molecular flexibility index (Phi) is 8.93. The molecule has 2 fully saturated rings. The van der Waals surface area contributed by atoms with Gasteiger partial charge in [0, 0.05) is 35.5 Å². The van der Waals surface area contributed by atoms with Gasteiger partial charge in [-0.25, -0.2) is 0 Å². The molecule has 1 aliphatic heterocycles. The lowest BCUT2D eigenvalue weighted by Gasteiger charge is -2.47. The van der Waals surface area contributed by atoms with E-state index in [9.17, 15) is 9.59 Å². The summed E-state index contributed by atoms with van der Waals surface area (Å²) >= 11 is 0. The van der Waals surface area contributed by atoms with Gasteiger partial charge in [0.05, 0.1) is 6.04 Å². The Morgan fingerprint density at radius 1 is 1.17 bits per heavy atom. The summed E-state index contributed by atoms with van der Waals surface area (Å²) in [6.45, 7) is 16.9. The Bertz CT molecular complexity index is 995. The summed E-state index contributed by atoms with van der Waals surface area (Å²) in [6.07, 6.45) is 10.7. The van der Waals surface area contributed by atoms with Gasteiger partial charge in [0.15, 0.2) is 0 Å². The molecule has 1 saturated heterocycles. The number of carbonyl (C=O) groups excluding carboxylic acids is 2. The van der Waals surface area contributed by atoms with Gasteiger partial charge in [-0.1, -0.05) is 78.2 Å². The Morgan fingerprint density at radius 2 is 1.81 bits per heavy atom. The van der Waals surface area contributed by atoms with Crippen LogP contribution in [-0.4, -0.2) is 43.2 Å². The topological polar surface area (TPSA) is 73.8 Å². The molecule has 2 N–H and O–H groups in total. The molecule has 3 rings (SSSR count). The van der Waals surface area contributed by atoms with Gasteiger partial charge in [0.25, 0.3) is 0 Å². The number of aliphatic imine (C=N–C) groups is 1. The molecule has 1 aromatic rings. The van der Waals surface area contributed by atoms with Crippen LogP contribution in [0.3, 0.4) is 0 Å². The van der Waals surface area contributed by atoms with E-state index in [0.717, 1.165) is 32.2 Å². The van der Waals surface area contributed by atoms with Crippen molar-refractivity contribution < 1.29 is 9.59 Å². The highest BCUT2D eigenvalue weighted by atomic mass is 16.2. The maximum Gasteiger partial charge on any atom is 0.248 e. The first kappa shape index (κ1) is 27.9. The molecule has 0 radical (unpaired) electrons. The molecule has 36 heavy (non-hydrogen) atoms. The Morgan fingerprint density at radius 3 is 2.28 bits per heavy atom. The Labute approximate surface area is 217 Å². The van der Waals surface area contributed by atoms with E-state index in [0.29, 0.717) is 11.3 Å². The van der Waals surface area contributed by atoms with E-state index in [1.54, 1.807) is 11.1 Å². The quantitative estimate of drug-likeness (QED) is 0.382. The van der Waals surface area contributed by atoms with E-state index in [-0.39, 0.29) is 34.7 Å². The van der Waals surface area contributed by atoms with Crippen molar-refractivity contribution in [3.8, 4) is 0 Å². The van der Waals surface area contributed by atoms with Crippen LogP contribution < -0.4 is 15.5 Å². The predicted octanol–water partition coefficient (Wildman–Crippen LogP) is 5.29. The first-order valence-electron chi connectivity index (χ1n) is 13.3. The minimum atomic E-state index is -0.861. The van der Waals surface area contributed by atoms with Gasteiger partial charge in [-0.05, 0) is 49.6 Å². The van der Waals surface area contributed by atoms with Crippen molar-refractivity contribution >= 4 is 24.2 Å². The normalized spacial score (nSPS) is 21.5.